The van der Waals surface area contributed by atoms with Crippen LogP contribution in [-0.4, -0.2) is 41.9 Å². The summed E-state index contributed by atoms with van der Waals surface area (Å²) in [6.45, 7) is 2.89. The first kappa shape index (κ1) is 19.9. The van der Waals surface area contributed by atoms with E-state index in [9.17, 15) is 9.18 Å². The van der Waals surface area contributed by atoms with Crippen molar-refractivity contribution in [3.8, 4) is 0 Å². The third kappa shape index (κ3) is 3.99. The molecule has 3 aromatic carbocycles. The summed E-state index contributed by atoms with van der Waals surface area (Å²) >= 11 is 1.62. The van der Waals surface area contributed by atoms with Crippen molar-refractivity contribution in [3.05, 3.63) is 107 Å². The Morgan fingerprint density at radius 3 is 2.19 bits per heavy atom. The van der Waals surface area contributed by atoms with E-state index in [2.05, 4.69) is 23.1 Å². The standard InChI is InChI=1S/C26H23FN2OS/c27-21-12-10-20(11-13-21)25(19-6-2-1-3-7-19)28-14-16-29(17-15-28)26(30)23-18-31-24-9-5-4-8-22(23)24/h1-13,18,25H,14-17H2/t25-/m1/s1. The molecule has 3 nitrogen and oxygen atoms in total. The van der Waals surface area contributed by atoms with E-state index in [0.29, 0.717) is 13.1 Å². The Bertz CT molecular complexity index is 1180. The highest BCUT2D eigenvalue weighted by atomic mass is 32.1. The van der Waals surface area contributed by atoms with Crippen molar-refractivity contribution in [3.63, 3.8) is 0 Å². The van der Waals surface area contributed by atoms with Gasteiger partial charge < -0.3 is 4.90 Å². The van der Waals surface area contributed by atoms with Crippen LogP contribution in [0, 0.1) is 5.82 Å². The number of nitrogens with zero attached hydrogens (tertiary/aromatic N) is 2. The van der Waals surface area contributed by atoms with Crippen LogP contribution in [0.4, 0.5) is 4.39 Å². The predicted octanol–water partition coefficient (Wildman–Crippen LogP) is 5.59. The van der Waals surface area contributed by atoms with Crippen LogP contribution in [0.5, 0.6) is 0 Å². The number of amides is 1. The maximum Gasteiger partial charge on any atom is 0.255 e. The molecule has 0 N–H and O–H groups in total. The Morgan fingerprint density at radius 2 is 1.45 bits per heavy atom. The molecule has 0 radical (unpaired) electrons. The fourth-order valence-electron chi connectivity index (χ4n) is 4.39. The summed E-state index contributed by atoms with van der Waals surface area (Å²) < 4.78 is 14.7. The molecule has 156 valence electrons. The number of thiophene rings is 1. The molecule has 5 heteroatoms. The van der Waals surface area contributed by atoms with Gasteiger partial charge in [-0.3, -0.25) is 9.69 Å². The highest BCUT2D eigenvalue weighted by molar-refractivity contribution is 7.17. The van der Waals surface area contributed by atoms with Gasteiger partial charge >= 0.3 is 0 Å². The number of benzene rings is 3. The van der Waals surface area contributed by atoms with Crippen molar-refractivity contribution in [2.75, 3.05) is 26.2 Å². The number of hydrogen-bond donors (Lipinski definition) is 0. The molecule has 2 heterocycles. The zero-order valence-electron chi connectivity index (χ0n) is 17.1. The minimum Gasteiger partial charge on any atom is -0.336 e. The van der Waals surface area contributed by atoms with Gasteiger partial charge in [-0.25, -0.2) is 4.39 Å². The summed E-state index contributed by atoms with van der Waals surface area (Å²) in [5.41, 5.74) is 3.04. The first-order valence-electron chi connectivity index (χ1n) is 10.5. The fourth-order valence-corrected chi connectivity index (χ4v) is 5.33. The average molecular weight is 431 g/mol. The molecule has 1 aromatic heterocycles. The second kappa shape index (κ2) is 8.61. The van der Waals surface area contributed by atoms with E-state index in [4.69, 9.17) is 0 Å². The van der Waals surface area contributed by atoms with Crippen molar-refractivity contribution < 1.29 is 9.18 Å². The quantitative estimate of drug-likeness (QED) is 0.421. The lowest BCUT2D eigenvalue weighted by Gasteiger charge is -2.39. The molecule has 0 aliphatic carbocycles. The van der Waals surface area contributed by atoms with Crippen molar-refractivity contribution in [1.29, 1.82) is 0 Å². The van der Waals surface area contributed by atoms with Crippen molar-refractivity contribution in [2.24, 2.45) is 0 Å². The number of piperazine rings is 1. The monoisotopic (exact) mass is 430 g/mol. The van der Waals surface area contributed by atoms with E-state index in [1.165, 1.54) is 17.7 Å². The minimum atomic E-state index is -0.228. The fraction of sp³-hybridized carbons (Fsp3) is 0.192. The Balaban J connectivity index is 1.36. The van der Waals surface area contributed by atoms with E-state index < -0.39 is 0 Å². The Kier molecular flexibility index (Phi) is 5.53. The van der Waals surface area contributed by atoms with E-state index >= 15 is 0 Å². The third-order valence-electron chi connectivity index (χ3n) is 5.98. The highest BCUT2D eigenvalue weighted by Gasteiger charge is 2.29. The lowest BCUT2D eigenvalue weighted by molar-refractivity contribution is 0.0599. The molecular weight excluding hydrogens is 407 g/mol. The van der Waals surface area contributed by atoms with Crippen LogP contribution in [0.2, 0.25) is 0 Å². The van der Waals surface area contributed by atoms with Gasteiger partial charge in [-0.2, -0.15) is 0 Å². The Labute approximate surface area is 185 Å². The molecule has 4 aromatic rings. The largest absolute Gasteiger partial charge is 0.336 e. The maximum atomic E-state index is 13.5. The first-order chi connectivity index (χ1) is 15.2. The van der Waals surface area contributed by atoms with E-state index in [-0.39, 0.29) is 17.8 Å². The summed E-state index contributed by atoms with van der Waals surface area (Å²) in [4.78, 5) is 17.5. The molecule has 1 amide bonds. The van der Waals surface area contributed by atoms with Crippen LogP contribution >= 0.6 is 11.3 Å². The zero-order chi connectivity index (χ0) is 21.2. The number of fused-ring (bicyclic) bond motifs is 1. The summed E-state index contributed by atoms with van der Waals surface area (Å²) in [6, 6.07) is 25.2. The van der Waals surface area contributed by atoms with E-state index in [1.54, 1.807) is 11.3 Å². The molecule has 1 saturated heterocycles. The van der Waals surface area contributed by atoms with Crippen LogP contribution in [0.25, 0.3) is 10.1 Å². The van der Waals surface area contributed by atoms with Gasteiger partial charge in [0.05, 0.1) is 11.6 Å². The number of carbonyl (C=O) groups is 1. The van der Waals surface area contributed by atoms with Gasteiger partial charge in [0.1, 0.15) is 5.82 Å². The molecular formula is C26H23FN2OS. The van der Waals surface area contributed by atoms with Crippen LogP contribution in [0.3, 0.4) is 0 Å². The molecule has 1 aliphatic heterocycles. The van der Waals surface area contributed by atoms with E-state index in [0.717, 1.165) is 34.3 Å². The summed E-state index contributed by atoms with van der Waals surface area (Å²) in [7, 11) is 0. The van der Waals surface area contributed by atoms with Gasteiger partial charge in [0, 0.05) is 41.6 Å². The van der Waals surface area contributed by atoms with Gasteiger partial charge in [-0.1, -0.05) is 60.7 Å². The van der Waals surface area contributed by atoms with Gasteiger partial charge in [-0.05, 0) is 29.3 Å². The summed E-state index contributed by atoms with van der Waals surface area (Å²) in [6.07, 6.45) is 0. The lowest BCUT2D eigenvalue weighted by Crippen LogP contribution is -2.49. The average Bonchev–Trinajstić information content (AvgIpc) is 3.25. The normalized spacial score (nSPS) is 15.8. The van der Waals surface area contributed by atoms with Gasteiger partial charge in [0.15, 0.2) is 0 Å². The number of hydrogen-bond acceptors (Lipinski definition) is 3. The van der Waals surface area contributed by atoms with Crippen molar-refractivity contribution in [1.82, 2.24) is 9.80 Å². The second-order valence-electron chi connectivity index (χ2n) is 7.84. The van der Waals surface area contributed by atoms with Crippen molar-refractivity contribution >= 4 is 27.3 Å². The predicted molar refractivity (Wildman–Crippen MR) is 124 cm³/mol. The zero-order valence-corrected chi connectivity index (χ0v) is 17.9. The highest BCUT2D eigenvalue weighted by Crippen LogP contribution is 2.31. The maximum absolute atomic E-state index is 13.5. The summed E-state index contributed by atoms with van der Waals surface area (Å²) in [5.74, 6) is -0.121. The van der Waals surface area contributed by atoms with Crippen LogP contribution in [-0.2, 0) is 0 Å². The number of rotatable bonds is 4. The molecule has 0 unspecified atom stereocenters. The Morgan fingerprint density at radius 1 is 0.806 bits per heavy atom. The number of halogens is 1. The molecule has 1 aliphatic rings. The summed E-state index contributed by atoms with van der Waals surface area (Å²) in [5, 5.41) is 3.01. The van der Waals surface area contributed by atoms with Gasteiger partial charge in [0.2, 0.25) is 0 Å². The minimum absolute atomic E-state index is 0.0426. The Hall–Kier alpha value is -3.02. The smallest absolute Gasteiger partial charge is 0.255 e. The van der Waals surface area contributed by atoms with Crippen LogP contribution in [0.1, 0.15) is 27.5 Å². The van der Waals surface area contributed by atoms with E-state index in [1.807, 2.05) is 58.8 Å². The molecule has 5 rings (SSSR count). The van der Waals surface area contributed by atoms with Crippen LogP contribution < -0.4 is 0 Å². The second-order valence-corrected chi connectivity index (χ2v) is 8.75. The molecule has 0 saturated carbocycles. The molecule has 0 spiro atoms. The molecule has 1 atom stereocenters. The first-order valence-corrected chi connectivity index (χ1v) is 11.4. The third-order valence-corrected chi connectivity index (χ3v) is 6.94. The molecule has 31 heavy (non-hydrogen) atoms. The lowest BCUT2D eigenvalue weighted by atomic mass is 9.96. The molecule has 0 bridgehead atoms. The van der Waals surface area contributed by atoms with Gasteiger partial charge in [0.25, 0.3) is 5.91 Å². The number of carbonyl (C=O) groups excluding carboxylic acids is 1. The molecule has 1 fully saturated rings. The van der Waals surface area contributed by atoms with Gasteiger partial charge in [-0.15, -0.1) is 11.3 Å². The van der Waals surface area contributed by atoms with Crippen LogP contribution in [0.15, 0.2) is 84.2 Å². The SMILES string of the molecule is O=C(c1csc2ccccc12)N1CCN([C@H](c2ccccc2)c2ccc(F)cc2)CC1. The van der Waals surface area contributed by atoms with Crippen molar-refractivity contribution in [2.45, 2.75) is 6.04 Å². The topological polar surface area (TPSA) is 23.6 Å².